The smallest absolute Gasteiger partial charge is 0 e. The summed E-state index contributed by atoms with van der Waals surface area (Å²) in [5, 5.41) is 2.21. The molecule has 0 amide bonds. The van der Waals surface area contributed by atoms with Crippen LogP contribution < -0.4 is 4.40 Å². The Morgan fingerprint density at radius 2 is 1.57 bits per heavy atom. The summed E-state index contributed by atoms with van der Waals surface area (Å²) in [6, 6.07) is 40.5. The van der Waals surface area contributed by atoms with Crippen molar-refractivity contribution < 1.29 is 28.6 Å². The van der Waals surface area contributed by atoms with Crippen LogP contribution in [-0.4, -0.2) is 23.2 Å². The van der Waals surface area contributed by atoms with Crippen LogP contribution in [0.4, 0.5) is 0 Å². The molecule has 0 saturated carbocycles. The third-order valence-electron chi connectivity index (χ3n) is 8.14. The monoisotopic (exact) mass is 858 g/mol. The molecule has 0 aliphatic rings. The molecule has 4 aromatic carbocycles. The van der Waals surface area contributed by atoms with E-state index in [1.807, 2.05) is 30.6 Å². The molecule has 7 aromatic rings. The summed E-state index contributed by atoms with van der Waals surface area (Å²) >= 11 is -1.83. The van der Waals surface area contributed by atoms with Gasteiger partial charge in [-0.3, -0.25) is 0 Å². The van der Waals surface area contributed by atoms with Gasteiger partial charge in [-0.05, 0) is 39.9 Å². The molecule has 0 aliphatic heterocycles. The van der Waals surface area contributed by atoms with Crippen LogP contribution in [0.2, 0.25) is 17.3 Å². The fraction of sp³-hybridized carbons (Fsp3) is 0.190. The molecule has 0 N–H and O–H groups in total. The molecule has 0 aliphatic carbocycles. The van der Waals surface area contributed by atoms with Crippen LogP contribution >= 0.6 is 0 Å². The first-order chi connectivity index (χ1) is 23.2. The topological polar surface area (TPSA) is 38.9 Å². The Kier molecular flexibility index (Phi) is 9.16. The first kappa shape index (κ1) is 30.5. The maximum absolute atomic E-state index is 7.35. The van der Waals surface area contributed by atoms with E-state index < -0.39 is 20.1 Å². The molecule has 0 bridgehead atoms. The quantitative estimate of drug-likeness (QED) is 0.131. The van der Waals surface area contributed by atoms with Gasteiger partial charge in [0.05, 0.1) is 5.58 Å². The third kappa shape index (κ3) is 7.84. The van der Waals surface area contributed by atoms with Gasteiger partial charge in [-0.25, -0.2) is 0 Å². The van der Waals surface area contributed by atoms with Gasteiger partial charge in [0.25, 0.3) is 0 Å². The Bertz CT molecular complexity index is 2160. The van der Waals surface area contributed by atoms with Crippen molar-refractivity contribution in [1.82, 2.24) is 9.97 Å². The summed E-state index contributed by atoms with van der Waals surface area (Å²) in [7, 11) is 0. The Hall–Kier alpha value is -3.83. The molecule has 3 nitrogen and oxygen atoms in total. The Balaban J connectivity index is 0.000000204. The second-order valence-electron chi connectivity index (χ2n) is 13.6. The number of fused-ring (bicyclic) bond motifs is 3. The zero-order chi connectivity index (χ0) is 35.0. The number of pyridine rings is 2. The molecule has 0 fully saturated rings. The van der Waals surface area contributed by atoms with Gasteiger partial charge in [0, 0.05) is 31.7 Å². The van der Waals surface area contributed by atoms with Crippen molar-refractivity contribution in [2.45, 2.75) is 50.3 Å². The van der Waals surface area contributed by atoms with Gasteiger partial charge >= 0.3 is 110 Å². The van der Waals surface area contributed by atoms with E-state index in [-0.39, 0.29) is 25.5 Å². The number of aryl methyl sites for hydroxylation is 1. The van der Waals surface area contributed by atoms with Crippen LogP contribution in [0.1, 0.15) is 36.0 Å². The molecule has 0 saturated heterocycles. The Morgan fingerprint density at radius 1 is 0.766 bits per heavy atom. The molecule has 5 heteroatoms. The number of hydrogen-bond donors (Lipinski definition) is 0. The minimum Gasteiger partial charge on any atom is 0 e. The van der Waals surface area contributed by atoms with Gasteiger partial charge in [0.2, 0.25) is 0 Å². The summed E-state index contributed by atoms with van der Waals surface area (Å²) in [5.41, 5.74) is 9.12. The summed E-state index contributed by atoms with van der Waals surface area (Å²) in [6.45, 7) is 4.56. The van der Waals surface area contributed by atoms with Crippen LogP contribution in [-0.2, 0) is 25.5 Å². The number of hydrogen-bond acceptors (Lipinski definition) is 3. The standard InChI is InChI=1S/C27H22NO.C15H18GeN.Ir/c1-27(2,3)20-14-15-28-24(17-20)23-11-7-10-22-21-13-12-19(16-25(21)29-26(22)23)18-8-5-4-6-9-18;1-12-5-7-13(8-6-12)15-10-9-14(11-17-15)16(2,3)4;/h4-10,12-17H,1-3H3;5-7,9-11H,1-4H3;/q2*-1;/i;1D3;. The van der Waals surface area contributed by atoms with E-state index in [9.17, 15) is 0 Å². The van der Waals surface area contributed by atoms with Crippen LogP contribution in [0, 0.1) is 19.0 Å². The molecular weight excluding hydrogens is 813 g/mol. The van der Waals surface area contributed by atoms with Crippen molar-refractivity contribution in [2.24, 2.45) is 0 Å². The largest absolute Gasteiger partial charge is 0 e. The van der Waals surface area contributed by atoms with Gasteiger partial charge in [-0.2, -0.15) is 0 Å². The molecular formula is C42H40GeIrN2O-2. The fourth-order valence-corrected chi connectivity index (χ4v) is 7.53. The summed E-state index contributed by atoms with van der Waals surface area (Å²) in [5.74, 6) is 6.98. The molecule has 3 heterocycles. The van der Waals surface area contributed by atoms with Crippen molar-refractivity contribution >= 4 is 39.6 Å². The maximum atomic E-state index is 7.35. The van der Waals surface area contributed by atoms with Gasteiger partial charge < -0.3 is 9.40 Å². The van der Waals surface area contributed by atoms with Gasteiger partial charge in [0.15, 0.2) is 0 Å². The summed E-state index contributed by atoms with van der Waals surface area (Å²) in [4.78, 5) is 9.10. The number of rotatable bonds is 4. The normalized spacial score (nSPS) is 12.8. The van der Waals surface area contributed by atoms with Gasteiger partial charge in [-0.1, -0.05) is 80.3 Å². The molecule has 1 radical (unpaired) electrons. The SMILES string of the molecule is CC(C)(C)c1ccnc(-c2[c-]ccc3c2oc2cc(-c4ccccc4)ccc23)c1.[2H]C([2H])([2H])c1c[c-]c(-c2cc[c]([Ge]([CH3])([CH3])[CH3])cn2)cc1.[Ir]. The predicted octanol–water partition coefficient (Wildman–Crippen LogP) is 10.8. The summed E-state index contributed by atoms with van der Waals surface area (Å²) in [6.07, 6.45) is 3.82. The van der Waals surface area contributed by atoms with Crippen LogP contribution in [0.5, 0.6) is 0 Å². The molecule has 239 valence electrons. The zero-order valence-electron chi connectivity index (χ0n) is 30.6. The van der Waals surface area contributed by atoms with Crippen LogP contribution in [0.15, 0.2) is 120 Å². The zero-order valence-corrected chi connectivity index (χ0v) is 32.1. The van der Waals surface area contributed by atoms with Crippen LogP contribution in [0.3, 0.4) is 0 Å². The van der Waals surface area contributed by atoms with Crippen molar-refractivity contribution in [3.63, 3.8) is 0 Å². The van der Waals surface area contributed by atoms with Gasteiger partial charge in [-0.15, -0.1) is 18.2 Å². The van der Waals surface area contributed by atoms with E-state index in [0.29, 0.717) is 5.56 Å². The molecule has 0 atom stereocenters. The van der Waals surface area contributed by atoms with Crippen molar-refractivity contribution in [2.75, 3.05) is 0 Å². The van der Waals surface area contributed by atoms with Crippen molar-refractivity contribution in [3.8, 4) is 33.6 Å². The fourth-order valence-electron chi connectivity index (χ4n) is 5.36. The van der Waals surface area contributed by atoms with E-state index in [1.54, 1.807) is 12.1 Å². The van der Waals surface area contributed by atoms with Crippen molar-refractivity contribution in [3.05, 3.63) is 139 Å². The number of nitrogens with zero attached hydrogens (tertiary/aromatic N) is 2. The molecule has 3 aromatic heterocycles. The average Bonchev–Trinajstić information content (AvgIpc) is 3.46. The second-order valence-corrected chi connectivity index (χ2v) is 24.3. The Morgan fingerprint density at radius 3 is 2.23 bits per heavy atom. The molecule has 0 unspecified atom stereocenters. The molecule has 47 heavy (non-hydrogen) atoms. The predicted molar refractivity (Wildman–Crippen MR) is 196 cm³/mol. The minimum absolute atomic E-state index is 0. The maximum Gasteiger partial charge on any atom is 0 e. The van der Waals surface area contributed by atoms with Crippen molar-refractivity contribution in [1.29, 1.82) is 0 Å². The van der Waals surface area contributed by atoms with Gasteiger partial charge in [0.1, 0.15) is 5.58 Å². The second kappa shape index (κ2) is 14.1. The van der Waals surface area contributed by atoms with E-state index >= 15 is 0 Å². The van der Waals surface area contributed by atoms with E-state index in [4.69, 9.17) is 8.53 Å². The molecule has 0 spiro atoms. The minimum atomic E-state index is -2.08. The van der Waals surface area contributed by atoms with E-state index in [1.165, 1.54) is 21.6 Å². The van der Waals surface area contributed by atoms with E-state index in [0.717, 1.165) is 50.0 Å². The Labute approximate surface area is 299 Å². The number of furan rings is 1. The first-order valence-electron chi connectivity index (χ1n) is 17.1. The first-order valence-corrected chi connectivity index (χ1v) is 22.9. The molecule has 7 rings (SSSR count). The van der Waals surface area contributed by atoms with Crippen LogP contribution in [0.25, 0.3) is 55.6 Å². The third-order valence-corrected chi connectivity index (χ3v) is 12.4. The average molecular weight is 857 g/mol. The summed E-state index contributed by atoms with van der Waals surface area (Å²) < 4.78 is 29.8. The van der Waals surface area contributed by atoms with E-state index in [2.05, 4.69) is 127 Å². The number of aromatic nitrogens is 2. The number of benzene rings is 4.